The van der Waals surface area contributed by atoms with Gasteiger partial charge in [-0.2, -0.15) is 0 Å². The molecule has 3 nitrogen and oxygen atoms in total. The lowest BCUT2D eigenvalue weighted by molar-refractivity contribution is -0.131. The van der Waals surface area contributed by atoms with Gasteiger partial charge in [0.15, 0.2) is 0 Å². The maximum absolute atomic E-state index is 12.3. The fourth-order valence-electron chi connectivity index (χ4n) is 2.40. The van der Waals surface area contributed by atoms with Gasteiger partial charge in [-0.1, -0.05) is 38.5 Å². The summed E-state index contributed by atoms with van der Waals surface area (Å²) in [7, 11) is 1.90. The SMILES string of the molecule is CCC(C)CN(C)C(=O)[C@@H]1Cc2ccccc2N1. The van der Waals surface area contributed by atoms with E-state index in [9.17, 15) is 4.79 Å². The molecular formula is C15H22N2O. The van der Waals surface area contributed by atoms with Crippen molar-refractivity contribution in [1.29, 1.82) is 0 Å². The summed E-state index contributed by atoms with van der Waals surface area (Å²) in [5.41, 5.74) is 2.35. The van der Waals surface area contributed by atoms with Gasteiger partial charge in [-0.3, -0.25) is 4.79 Å². The molecular weight excluding hydrogens is 224 g/mol. The van der Waals surface area contributed by atoms with E-state index in [0.717, 1.165) is 25.1 Å². The van der Waals surface area contributed by atoms with Crippen molar-refractivity contribution in [3.63, 3.8) is 0 Å². The summed E-state index contributed by atoms with van der Waals surface area (Å²) in [6.07, 6.45) is 1.91. The fraction of sp³-hybridized carbons (Fsp3) is 0.533. The second kappa shape index (κ2) is 5.42. The van der Waals surface area contributed by atoms with Crippen LogP contribution < -0.4 is 5.32 Å². The first-order valence-corrected chi connectivity index (χ1v) is 6.71. The average molecular weight is 246 g/mol. The summed E-state index contributed by atoms with van der Waals surface area (Å²) in [6, 6.07) is 8.07. The van der Waals surface area contributed by atoms with Crippen molar-refractivity contribution in [3.8, 4) is 0 Å². The number of nitrogens with one attached hydrogen (secondary N) is 1. The van der Waals surface area contributed by atoms with Gasteiger partial charge in [0.05, 0.1) is 0 Å². The minimum absolute atomic E-state index is 0.0866. The maximum atomic E-state index is 12.3. The summed E-state index contributed by atoms with van der Waals surface area (Å²) < 4.78 is 0. The van der Waals surface area contributed by atoms with Crippen molar-refractivity contribution >= 4 is 11.6 Å². The van der Waals surface area contributed by atoms with E-state index >= 15 is 0 Å². The van der Waals surface area contributed by atoms with E-state index in [1.165, 1.54) is 5.56 Å². The summed E-state index contributed by atoms with van der Waals surface area (Å²) in [6.45, 7) is 5.18. The molecule has 2 rings (SSSR count). The van der Waals surface area contributed by atoms with Crippen LogP contribution in [-0.4, -0.2) is 30.4 Å². The molecule has 1 amide bonds. The fourth-order valence-corrected chi connectivity index (χ4v) is 2.40. The van der Waals surface area contributed by atoms with Crippen LogP contribution in [0.5, 0.6) is 0 Å². The first kappa shape index (κ1) is 12.9. The topological polar surface area (TPSA) is 32.3 Å². The van der Waals surface area contributed by atoms with Gasteiger partial charge in [0, 0.05) is 25.7 Å². The summed E-state index contributed by atoms with van der Waals surface area (Å²) in [5, 5.41) is 3.32. The normalized spacial score (nSPS) is 18.9. The van der Waals surface area contributed by atoms with Gasteiger partial charge in [-0.05, 0) is 17.5 Å². The molecule has 1 aliphatic rings. The molecule has 0 bridgehead atoms. The van der Waals surface area contributed by atoms with Gasteiger partial charge in [0.25, 0.3) is 0 Å². The number of para-hydroxylation sites is 1. The molecule has 18 heavy (non-hydrogen) atoms. The molecule has 0 aromatic heterocycles. The number of carbonyl (C=O) groups is 1. The highest BCUT2D eigenvalue weighted by molar-refractivity contribution is 5.87. The Morgan fingerprint density at radius 3 is 2.89 bits per heavy atom. The molecule has 0 radical (unpaired) electrons. The van der Waals surface area contributed by atoms with Gasteiger partial charge in [-0.25, -0.2) is 0 Å². The van der Waals surface area contributed by atoms with Crippen LogP contribution in [0.2, 0.25) is 0 Å². The van der Waals surface area contributed by atoms with Crippen molar-refractivity contribution < 1.29 is 4.79 Å². The lowest BCUT2D eigenvalue weighted by Gasteiger charge is -2.24. The number of fused-ring (bicyclic) bond motifs is 1. The number of rotatable bonds is 4. The van der Waals surface area contributed by atoms with Gasteiger partial charge < -0.3 is 10.2 Å². The zero-order chi connectivity index (χ0) is 13.1. The van der Waals surface area contributed by atoms with Crippen LogP contribution in [0.25, 0.3) is 0 Å². The van der Waals surface area contributed by atoms with Crippen LogP contribution >= 0.6 is 0 Å². The van der Waals surface area contributed by atoms with E-state index in [-0.39, 0.29) is 11.9 Å². The zero-order valence-corrected chi connectivity index (χ0v) is 11.4. The Bertz CT molecular complexity index is 405. The molecule has 1 unspecified atom stereocenters. The largest absolute Gasteiger partial charge is 0.373 e. The Morgan fingerprint density at radius 1 is 1.50 bits per heavy atom. The lowest BCUT2D eigenvalue weighted by Crippen LogP contribution is -2.41. The zero-order valence-electron chi connectivity index (χ0n) is 11.4. The molecule has 0 saturated heterocycles. The second-order valence-corrected chi connectivity index (χ2v) is 5.29. The third kappa shape index (κ3) is 2.66. The Labute approximate surface area is 109 Å². The van der Waals surface area contributed by atoms with Crippen LogP contribution in [0.3, 0.4) is 0 Å². The predicted octanol–water partition coefficient (Wildman–Crippen LogP) is 2.53. The Kier molecular flexibility index (Phi) is 3.90. The van der Waals surface area contributed by atoms with Crippen LogP contribution in [0.4, 0.5) is 5.69 Å². The van der Waals surface area contributed by atoms with Gasteiger partial charge in [0.1, 0.15) is 6.04 Å². The molecule has 0 fully saturated rings. The Morgan fingerprint density at radius 2 is 2.22 bits per heavy atom. The summed E-state index contributed by atoms with van der Waals surface area (Å²) in [4.78, 5) is 14.2. The first-order valence-electron chi connectivity index (χ1n) is 6.71. The monoisotopic (exact) mass is 246 g/mol. The van der Waals surface area contributed by atoms with Gasteiger partial charge >= 0.3 is 0 Å². The van der Waals surface area contributed by atoms with Gasteiger partial charge in [-0.15, -0.1) is 0 Å². The number of benzene rings is 1. The molecule has 1 N–H and O–H groups in total. The van der Waals surface area contributed by atoms with Crippen molar-refractivity contribution in [1.82, 2.24) is 4.90 Å². The molecule has 2 atom stereocenters. The quantitative estimate of drug-likeness (QED) is 0.885. The van der Waals surface area contributed by atoms with Crippen LogP contribution in [0, 0.1) is 5.92 Å². The van der Waals surface area contributed by atoms with Crippen molar-refractivity contribution in [3.05, 3.63) is 29.8 Å². The van der Waals surface area contributed by atoms with Crippen LogP contribution in [0.1, 0.15) is 25.8 Å². The Hall–Kier alpha value is -1.51. The van der Waals surface area contributed by atoms with Crippen molar-refractivity contribution in [2.75, 3.05) is 18.9 Å². The van der Waals surface area contributed by atoms with E-state index in [0.29, 0.717) is 5.92 Å². The smallest absolute Gasteiger partial charge is 0.245 e. The van der Waals surface area contributed by atoms with E-state index in [2.05, 4.69) is 25.2 Å². The average Bonchev–Trinajstić information content (AvgIpc) is 2.81. The summed E-state index contributed by atoms with van der Waals surface area (Å²) >= 11 is 0. The molecule has 3 heteroatoms. The van der Waals surface area contributed by atoms with E-state index in [1.807, 2.05) is 30.1 Å². The second-order valence-electron chi connectivity index (χ2n) is 5.29. The number of nitrogens with zero attached hydrogens (tertiary/aromatic N) is 1. The molecule has 1 heterocycles. The van der Waals surface area contributed by atoms with Crippen LogP contribution in [-0.2, 0) is 11.2 Å². The number of hydrogen-bond acceptors (Lipinski definition) is 2. The van der Waals surface area contributed by atoms with Crippen LogP contribution in [0.15, 0.2) is 24.3 Å². The summed E-state index contributed by atoms with van der Waals surface area (Å²) in [5.74, 6) is 0.759. The number of carbonyl (C=O) groups excluding carboxylic acids is 1. The third-order valence-electron chi connectivity index (χ3n) is 3.73. The molecule has 1 aromatic carbocycles. The number of hydrogen-bond donors (Lipinski definition) is 1. The molecule has 98 valence electrons. The molecule has 1 aromatic rings. The molecule has 0 spiro atoms. The highest BCUT2D eigenvalue weighted by Crippen LogP contribution is 2.25. The number of likely N-dealkylation sites (N-methyl/N-ethyl adjacent to an activating group) is 1. The van der Waals surface area contributed by atoms with Crippen molar-refractivity contribution in [2.45, 2.75) is 32.7 Å². The molecule has 0 saturated carbocycles. The predicted molar refractivity (Wildman–Crippen MR) is 74.6 cm³/mol. The highest BCUT2D eigenvalue weighted by Gasteiger charge is 2.28. The minimum Gasteiger partial charge on any atom is -0.373 e. The number of amides is 1. The highest BCUT2D eigenvalue weighted by atomic mass is 16.2. The van der Waals surface area contributed by atoms with E-state index in [4.69, 9.17) is 0 Å². The lowest BCUT2D eigenvalue weighted by atomic mass is 10.1. The molecule has 1 aliphatic heterocycles. The molecule has 0 aliphatic carbocycles. The maximum Gasteiger partial charge on any atom is 0.245 e. The van der Waals surface area contributed by atoms with E-state index < -0.39 is 0 Å². The standard InChI is InChI=1S/C15H22N2O/c1-4-11(2)10-17(3)15(18)14-9-12-7-5-6-8-13(12)16-14/h5-8,11,14,16H,4,9-10H2,1-3H3/t11?,14-/m0/s1. The van der Waals surface area contributed by atoms with Crippen molar-refractivity contribution in [2.24, 2.45) is 5.92 Å². The number of anilines is 1. The Balaban J connectivity index is 1.96. The van der Waals surface area contributed by atoms with E-state index in [1.54, 1.807) is 0 Å². The first-order chi connectivity index (χ1) is 8.61. The minimum atomic E-state index is -0.0866. The third-order valence-corrected chi connectivity index (χ3v) is 3.73. The van der Waals surface area contributed by atoms with Gasteiger partial charge in [0.2, 0.25) is 5.91 Å².